The van der Waals surface area contributed by atoms with Crippen molar-refractivity contribution in [3.05, 3.63) is 0 Å². The van der Waals surface area contributed by atoms with E-state index in [1.807, 2.05) is 0 Å². The molecule has 0 saturated heterocycles. The van der Waals surface area contributed by atoms with Crippen LogP contribution in [-0.2, 0) is 9.31 Å². The predicted octanol–water partition coefficient (Wildman–Crippen LogP) is 3.37. The maximum Gasteiger partial charge on any atom is 0.462 e. The Labute approximate surface area is 89.5 Å². The van der Waals surface area contributed by atoms with E-state index >= 15 is 0 Å². The Morgan fingerprint density at radius 1 is 1.00 bits per heavy atom. The first-order valence-electron chi connectivity index (χ1n) is 5.31. The average molecular weight is 200 g/mol. The first-order valence-corrected chi connectivity index (χ1v) is 5.31. The highest BCUT2D eigenvalue weighted by molar-refractivity contribution is 6.48. The lowest BCUT2D eigenvalue weighted by Gasteiger charge is -2.26. The fraction of sp³-hybridized carbons (Fsp3) is 1.00. The van der Waals surface area contributed by atoms with Gasteiger partial charge in [-0.25, -0.2) is 0 Å². The van der Waals surface area contributed by atoms with Gasteiger partial charge in [0, 0.05) is 13.7 Å². The molecule has 0 aromatic rings. The second-order valence-electron chi connectivity index (χ2n) is 6.12. The summed E-state index contributed by atoms with van der Waals surface area (Å²) in [4.78, 5) is 0. The fourth-order valence-corrected chi connectivity index (χ4v) is 1.14. The second-order valence-corrected chi connectivity index (χ2v) is 6.12. The van der Waals surface area contributed by atoms with Crippen molar-refractivity contribution in [3.63, 3.8) is 0 Å². The van der Waals surface area contributed by atoms with Crippen molar-refractivity contribution >= 4 is 7.12 Å². The van der Waals surface area contributed by atoms with Crippen LogP contribution in [0.3, 0.4) is 0 Å². The molecule has 0 fully saturated rings. The maximum atomic E-state index is 5.71. The quantitative estimate of drug-likeness (QED) is 0.647. The minimum atomic E-state index is -0.107. The van der Waals surface area contributed by atoms with Crippen LogP contribution in [-0.4, -0.2) is 20.8 Å². The molecule has 0 aromatic carbocycles. The normalized spacial score (nSPS) is 13.1. The van der Waals surface area contributed by atoms with Crippen LogP contribution in [0.25, 0.3) is 0 Å². The highest BCUT2D eigenvalue weighted by Crippen LogP contribution is 2.28. The summed E-state index contributed by atoms with van der Waals surface area (Å²) >= 11 is 0. The Hall–Kier alpha value is -0.0151. The summed E-state index contributed by atoms with van der Waals surface area (Å²) in [5, 5.41) is 0.0482. The summed E-state index contributed by atoms with van der Waals surface area (Å²) in [7, 11) is 1.59. The third-order valence-corrected chi connectivity index (χ3v) is 2.04. The Morgan fingerprint density at radius 2 is 1.50 bits per heavy atom. The highest BCUT2D eigenvalue weighted by atomic mass is 16.6. The number of hydrogen-bond donors (Lipinski definition) is 0. The summed E-state index contributed by atoms with van der Waals surface area (Å²) in [6, 6.07) is 0. The predicted molar refractivity (Wildman–Crippen MR) is 62.5 cm³/mol. The summed E-state index contributed by atoms with van der Waals surface area (Å²) in [5.41, 5.74) is 0.330. The number of rotatable bonds is 4. The molecule has 0 heterocycles. The second kappa shape index (κ2) is 5.17. The van der Waals surface area contributed by atoms with Crippen LogP contribution in [0, 0.1) is 5.41 Å². The van der Waals surface area contributed by atoms with Gasteiger partial charge in [0.25, 0.3) is 0 Å². The SMILES string of the molecule is COB(OCCC(C)(C)C)C(C)(C)C. The molecule has 0 saturated carbocycles. The van der Waals surface area contributed by atoms with Gasteiger partial charge >= 0.3 is 7.12 Å². The summed E-state index contributed by atoms with van der Waals surface area (Å²) in [5.74, 6) is 0. The van der Waals surface area contributed by atoms with Crippen LogP contribution in [0.4, 0.5) is 0 Å². The van der Waals surface area contributed by atoms with Crippen LogP contribution < -0.4 is 0 Å². The molecule has 14 heavy (non-hydrogen) atoms. The number of hydrogen-bond acceptors (Lipinski definition) is 2. The van der Waals surface area contributed by atoms with Gasteiger partial charge in [-0.3, -0.25) is 0 Å². The Bertz CT molecular complexity index is 156. The maximum absolute atomic E-state index is 5.71. The van der Waals surface area contributed by atoms with Crippen molar-refractivity contribution < 1.29 is 9.31 Å². The van der Waals surface area contributed by atoms with Crippen molar-refractivity contribution in [1.82, 2.24) is 0 Å². The molecule has 0 atom stereocenters. The molecule has 0 N–H and O–H groups in total. The van der Waals surface area contributed by atoms with Gasteiger partial charge < -0.3 is 9.31 Å². The van der Waals surface area contributed by atoms with Gasteiger partial charge in [-0.05, 0) is 17.2 Å². The van der Waals surface area contributed by atoms with Crippen molar-refractivity contribution in [1.29, 1.82) is 0 Å². The largest absolute Gasteiger partial charge is 0.462 e. The topological polar surface area (TPSA) is 18.5 Å². The van der Waals surface area contributed by atoms with E-state index in [-0.39, 0.29) is 12.4 Å². The third-order valence-electron chi connectivity index (χ3n) is 2.04. The molecule has 0 aliphatic carbocycles. The van der Waals surface area contributed by atoms with Crippen molar-refractivity contribution in [2.45, 2.75) is 53.3 Å². The van der Waals surface area contributed by atoms with Gasteiger partial charge in [-0.1, -0.05) is 41.5 Å². The van der Waals surface area contributed by atoms with Crippen molar-refractivity contribution in [2.24, 2.45) is 5.41 Å². The van der Waals surface area contributed by atoms with Crippen LogP contribution in [0.5, 0.6) is 0 Å². The summed E-state index contributed by atoms with van der Waals surface area (Å²) in [6.07, 6.45) is 1.06. The highest BCUT2D eigenvalue weighted by Gasteiger charge is 2.32. The monoisotopic (exact) mass is 200 g/mol. The minimum absolute atomic E-state index is 0.0482. The molecule has 0 rings (SSSR count). The third kappa shape index (κ3) is 6.44. The van der Waals surface area contributed by atoms with Crippen LogP contribution >= 0.6 is 0 Å². The van der Waals surface area contributed by atoms with Crippen LogP contribution in [0.15, 0.2) is 0 Å². The average Bonchev–Trinajstić information content (AvgIpc) is 1.93. The smallest absolute Gasteiger partial charge is 0.414 e. The minimum Gasteiger partial charge on any atom is -0.414 e. The molecule has 0 aliphatic rings. The zero-order valence-corrected chi connectivity index (χ0v) is 10.8. The van der Waals surface area contributed by atoms with Gasteiger partial charge in [-0.2, -0.15) is 0 Å². The van der Waals surface area contributed by atoms with E-state index in [0.29, 0.717) is 5.41 Å². The summed E-state index contributed by atoms with van der Waals surface area (Å²) in [6.45, 7) is 13.8. The Kier molecular flexibility index (Phi) is 5.17. The van der Waals surface area contributed by atoms with E-state index < -0.39 is 0 Å². The molecule has 2 nitrogen and oxygen atoms in total. The zero-order chi connectivity index (χ0) is 11.4. The van der Waals surface area contributed by atoms with Crippen LogP contribution in [0.1, 0.15) is 48.0 Å². The Balaban J connectivity index is 3.87. The van der Waals surface area contributed by atoms with Gasteiger partial charge in [0.15, 0.2) is 0 Å². The van der Waals surface area contributed by atoms with Crippen LogP contribution in [0.2, 0.25) is 5.31 Å². The molecule has 3 heteroatoms. The van der Waals surface area contributed by atoms with E-state index in [1.165, 1.54) is 0 Å². The van der Waals surface area contributed by atoms with Gasteiger partial charge in [-0.15, -0.1) is 0 Å². The Morgan fingerprint density at radius 3 is 1.79 bits per heavy atom. The first kappa shape index (κ1) is 14.0. The molecule has 0 aliphatic heterocycles. The molecule has 0 bridgehead atoms. The van der Waals surface area contributed by atoms with E-state index in [1.54, 1.807) is 7.11 Å². The van der Waals surface area contributed by atoms with Crippen molar-refractivity contribution in [3.8, 4) is 0 Å². The van der Waals surface area contributed by atoms with E-state index in [9.17, 15) is 0 Å². The molecule has 0 spiro atoms. The van der Waals surface area contributed by atoms with Gasteiger partial charge in [0.05, 0.1) is 0 Å². The zero-order valence-electron chi connectivity index (χ0n) is 10.8. The lowest BCUT2D eigenvalue weighted by molar-refractivity contribution is 0.178. The molecular formula is C11H25BO2. The van der Waals surface area contributed by atoms with Gasteiger partial charge in [0.2, 0.25) is 0 Å². The van der Waals surface area contributed by atoms with Gasteiger partial charge in [0.1, 0.15) is 0 Å². The molecule has 84 valence electrons. The molecule has 0 unspecified atom stereocenters. The van der Waals surface area contributed by atoms with E-state index in [2.05, 4.69) is 41.5 Å². The lowest BCUT2D eigenvalue weighted by atomic mass is 9.61. The lowest BCUT2D eigenvalue weighted by Crippen LogP contribution is -2.32. The molecule has 0 amide bonds. The fourth-order valence-electron chi connectivity index (χ4n) is 1.14. The van der Waals surface area contributed by atoms with Crippen molar-refractivity contribution in [2.75, 3.05) is 13.7 Å². The first-order chi connectivity index (χ1) is 6.17. The molecule has 0 radical (unpaired) electrons. The standard InChI is InChI=1S/C11H25BO2/c1-10(2,3)8-9-14-12(13-7)11(4,5)6/h8-9H2,1-7H3. The van der Waals surface area contributed by atoms with E-state index in [0.717, 1.165) is 13.0 Å². The molecule has 0 aromatic heterocycles. The summed E-state index contributed by atoms with van der Waals surface area (Å²) < 4.78 is 11.0. The molecular weight excluding hydrogens is 175 g/mol. The van der Waals surface area contributed by atoms with E-state index in [4.69, 9.17) is 9.31 Å².